The summed E-state index contributed by atoms with van der Waals surface area (Å²) in [7, 11) is 0. The normalized spacial score (nSPS) is 10.7. The molecule has 0 aliphatic heterocycles. The fraction of sp³-hybridized carbons (Fsp3) is 0.0909. The Labute approximate surface area is 130 Å². The first-order valence-corrected chi connectivity index (χ1v) is 7.18. The van der Waals surface area contributed by atoms with Crippen LogP contribution < -0.4 is 5.56 Å². The van der Waals surface area contributed by atoms with Crippen molar-refractivity contribution in [3.8, 4) is 0 Å². The van der Waals surface area contributed by atoms with E-state index >= 15 is 0 Å². The summed E-state index contributed by atoms with van der Waals surface area (Å²) in [5, 5.41) is 5.15. The van der Waals surface area contributed by atoms with Crippen LogP contribution in [-0.4, -0.2) is 9.78 Å². The van der Waals surface area contributed by atoms with Crippen LogP contribution in [0, 0.1) is 0 Å². The molecule has 0 aliphatic carbocycles. The molecule has 0 amide bonds. The van der Waals surface area contributed by atoms with Gasteiger partial charge in [0.2, 0.25) is 0 Å². The van der Waals surface area contributed by atoms with Gasteiger partial charge in [-0.3, -0.25) is 4.79 Å². The van der Waals surface area contributed by atoms with Crippen molar-refractivity contribution in [2.75, 3.05) is 0 Å². The van der Waals surface area contributed by atoms with Crippen LogP contribution in [-0.2, 0) is 6.54 Å². The summed E-state index contributed by atoms with van der Waals surface area (Å²) < 4.78 is 2.35. The van der Waals surface area contributed by atoms with E-state index in [4.69, 9.17) is 23.2 Å². The van der Waals surface area contributed by atoms with E-state index in [1.165, 1.54) is 4.68 Å². The first-order chi connectivity index (χ1) is 8.49. The highest BCUT2D eigenvalue weighted by Gasteiger charge is 2.09. The third kappa shape index (κ3) is 2.96. The Bertz CT molecular complexity index is 658. The lowest BCUT2D eigenvalue weighted by atomic mass is 10.2. The summed E-state index contributed by atoms with van der Waals surface area (Å²) in [6.07, 6.45) is 1.55. The molecule has 2 aromatic rings. The van der Waals surface area contributed by atoms with Gasteiger partial charge in [-0.05, 0) is 55.6 Å². The first kappa shape index (κ1) is 14.1. The average Bonchev–Trinajstić information content (AvgIpc) is 2.34. The summed E-state index contributed by atoms with van der Waals surface area (Å²) in [6.45, 7) is 0.268. The second kappa shape index (κ2) is 5.74. The molecule has 1 aromatic heterocycles. The van der Waals surface area contributed by atoms with Gasteiger partial charge in [-0.1, -0.05) is 23.2 Å². The van der Waals surface area contributed by atoms with Gasteiger partial charge in [-0.2, -0.15) is 5.10 Å². The molecule has 0 atom stereocenters. The molecule has 1 aromatic carbocycles. The van der Waals surface area contributed by atoms with E-state index in [0.717, 1.165) is 5.56 Å². The SMILES string of the molecule is O=c1c(Br)c(Br)cnn1Cc1cc(Cl)ccc1Cl. The molecular weight excluding hydrogens is 407 g/mol. The Morgan fingerprint density at radius 3 is 2.72 bits per heavy atom. The Kier molecular flexibility index (Phi) is 4.48. The fourth-order valence-electron chi connectivity index (χ4n) is 1.38. The summed E-state index contributed by atoms with van der Waals surface area (Å²) in [6, 6.07) is 5.10. The fourth-order valence-corrected chi connectivity index (χ4v) is 2.32. The predicted octanol–water partition coefficient (Wildman–Crippen LogP) is 4.12. The molecule has 1 heterocycles. The summed E-state index contributed by atoms with van der Waals surface area (Å²) in [5.74, 6) is 0. The summed E-state index contributed by atoms with van der Waals surface area (Å²) in [5.41, 5.74) is 0.508. The van der Waals surface area contributed by atoms with Crippen molar-refractivity contribution in [3.63, 3.8) is 0 Å². The smallest absolute Gasteiger partial charge is 0.266 e. The number of hydrogen-bond donors (Lipinski definition) is 0. The molecule has 0 N–H and O–H groups in total. The van der Waals surface area contributed by atoms with Crippen molar-refractivity contribution in [3.05, 3.63) is 59.3 Å². The van der Waals surface area contributed by atoms with E-state index in [2.05, 4.69) is 37.0 Å². The second-order valence-corrected chi connectivity index (χ2v) is 6.00. The van der Waals surface area contributed by atoms with Gasteiger partial charge in [0, 0.05) is 10.0 Å². The quantitative estimate of drug-likeness (QED) is 0.743. The maximum absolute atomic E-state index is 11.9. The molecule has 3 nitrogen and oxygen atoms in total. The minimum Gasteiger partial charge on any atom is -0.266 e. The van der Waals surface area contributed by atoms with Gasteiger partial charge >= 0.3 is 0 Å². The molecule has 94 valence electrons. The molecule has 0 aliphatic rings. The number of nitrogens with zero attached hydrogens (tertiary/aromatic N) is 2. The molecule has 0 saturated heterocycles. The van der Waals surface area contributed by atoms with Crippen molar-refractivity contribution in [1.29, 1.82) is 0 Å². The Hall–Kier alpha value is -0.360. The van der Waals surface area contributed by atoms with Crippen molar-refractivity contribution >= 4 is 55.1 Å². The Balaban J connectivity index is 2.44. The number of aromatic nitrogens is 2. The number of hydrogen-bond acceptors (Lipinski definition) is 2. The van der Waals surface area contributed by atoms with E-state index in [9.17, 15) is 4.79 Å². The molecule has 7 heteroatoms. The zero-order chi connectivity index (χ0) is 13.3. The highest BCUT2D eigenvalue weighted by Crippen LogP contribution is 2.22. The predicted molar refractivity (Wildman–Crippen MR) is 79.5 cm³/mol. The zero-order valence-corrected chi connectivity index (χ0v) is 13.5. The summed E-state index contributed by atoms with van der Waals surface area (Å²) in [4.78, 5) is 11.9. The van der Waals surface area contributed by atoms with Crippen LogP contribution in [0.4, 0.5) is 0 Å². The first-order valence-electron chi connectivity index (χ1n) is 4.84. The van der Waals surface area contributed by atoms with Crippen LogP contribution in [0.1, 0.15) is 5.56 Å². The topological polar surface area (TPSA) is 34.9 Å². The van der Waals surface area contributed by atoms with Gasteiger partial charge in [0.05, 0.1) is 17.2 Å². The van der Waals surface area contributed by atoms with E-state index < -0.39 is 0 Å². The Morgan fingerprint density at radius 2 is 2.00 bits per heavy atom. The lowest BCUT2D eigenvalue weighted by Crippen LogP contribution is -2.24. The third-order valence-electron chi connectivity index (χ3n) is 2.27. The lowest BCUT2D eigenvalue weighted by Gasteiger charge is -2.08. The van der Waals surface area contributed by atoms with E-state index in [1.54, 1.807) is 24.4 Å². The monoisotopic (exact) mass is 410 g/mol. The van der Waals surface area contributed by atoms with Crippen molar-refractivity contribution in [1.82, 2.24) is 9.78 Å². The van der Waals surface area contributed by atoms with E-state index in [0.29, 0.717) is 19.0 Å². The number of halogens is 4. The van der Waals surface area contributed by atoms with E-state index in [1.807, 2.05) is 0 Å². The minimum atomic E-state index is -0.236. The van der Waals surface area contributed by atoms with Crippen LogP contribution in [0.5, 0.6) is 0 Å². The second-order valence-electron chi connectivity index (χ2n) is 3.51. The van der Waals surface area contributed by atoms with Gasteiger partial charge < -0.3 is 0 Å². The van der Waals surface area contributed by atoms with Gasteiger partial charge in [-0.15, -0.1) is 0 Å². The molecule has 0 saturated carbocycles. The maximum atomic E-state index is 11.9. The molecule has 2 rings (SSSR count). The van der Waals surface area contributed by atoms with Crippen LogP contribution in [0.2, 0.25) is 10.0 Å². The number of benzene rings is 1. The van der Waals surface area contributed by atoms with E-state index in [-0.39, 0.29) is 12.1 Å². The van der Waals surface area contributed by atoms with Crippen molar-refractivity contribution in [2.24, 2.45) is 0 Å². The Morgan fingerprint density at radius 1 is 1.28 bits per heavy atom. The molecule has 0 radical (unpaired) electrons. The molecule has 0 fully saturated rings. The third-order valence-corrected chi connectivity index (χ3v) is 4.77. The van der Waals surface area contributed by atoms with Gasteiger partial charge in [0.1, 0.15) is 4.47 Å². The van der Waals surface area contributed by atoms with Crippen molar-refractivity contribution in [2.45, 2.75) is 6.54 Å². The van der Waals surface area contributed by atoms with Gasteiger partial charge in [0.25, 0.3) is 5.56 Å². The maximum Gasteiger partial charge on any atom is 0.282 e. The van der Waals surface area contributed by atoms with Crippen LogP contribution >= 0.6 is 55.1 Å². The van der Waals surface area contributed by atoms with Crippen LogP contribution in [0.25, 0.3) is 0 Å². The van der Waals surface area contributed by atoms with Gasteiger partial charge in [-0.25, -0.2) is 4.68 Å². The largest absolute Gasteiger partial charge is 0.282 e. The molecule has 18 heavy (non-hydrogen) atoms. The van der Waals surface area contributed by atoms with Crippen LogP contribution in [0.3, 0.4) is 0 Å². The molecule has 0 bridgehead atoms. The standard InChI is InChI=1S/C11H6Br2Cl2N2O/c12-8-4-16-17(11(18)10(8)13)5-6-3-7(14)1-2-9(6)15/h1-4H,5H2. The number of rotatable bonds is 2. The highest BCUT2D eigenvalue weighted by atomic mass is 79.9. The average molecular weight is 413 g/mol. The molecule has 0 spiro atoms. The highest BCUT2D eigenvalue weighted by molar-refractivity contribution is 9.13. The van der Waals surface area contributed by atoms with Crippen molar-refractivity contribution < 1.29 is 0 Å². The molecular formula is C11H6Br2Cl2N2O. The lowest BCUT2D eigenvalue weighted by molar-refractivity contribution is 0.633. The molecule has 0 unspecified atom stereocenters. The minimum absolute atomic E-state index is 0.236. The summed E-state index contributed by atoms with van der Waals surface area (Å²) >= 11 is 18.4. The van der Waals surface area contributed by atoms with Crippen LogP contribution in [0.15, 0.2) is 38.1 Å². The van der Waals surface area contributed by atoms with Gasteiger partial charge in [0.15, 0.2) is 0 Å². The zero-order valence-electron chi connectivity index (χ0n) is 8.83.